The molecule has 0 aliphatic carbocycles. The van der Waals surface area contributed by atoms with E-state index >= 15 is 0 Å². The topological polar surface area (TPSA) is 73.2 Å². The largest absolute Gasteiger partial charge is 0.573 e. The third-order valence-corrected chi connectivity index (χ3v) is 4.51. The molecule has 0 radical (unpaired) electrons. The van der Waals surface area contributed by atoms with Gasteiger partial charge in [0, 0.05) is 17.9 Å². The molecule has 132 valence electrons. The van der Waals surface area contributed by atoms with E-state index in [1.54, 1.807) is 6.92 Å². The Hall–Kier alpha value is -2.23. The summed E-state index contributed by atoms with van der Waals surface area (Å²) in [5.74, 6) is -0.436. The van der Waals surface area contributed by atoms with Crippen molar-refractivity contribution in [2.45, 2.75) is 38.1 Å². The van der Waals surface area contributed by atoms with Crippen LogP contribution in [0.4, 0.5) is 18.9 Å². The van der Waals surface area contributed by atoms with E-state index in [1.807, 2.05) is 13.8 Å². The van der Waals surface area contributed by atoms with E-state index in [-0.39, 0.29) is 16.6 Å². The summed E-state index contributed by atoms with van der Waals surface area (Å²) in [5, 5.41) is 4.12. The first-order valence-corrected chi connectivity index (χ1v) is 8.40. The van der Waals surface area contributed by atoms with E-state index < -0.39 is 22.1 Å². The zero-order valence-electron chi connectivity index (χ0n) is 13.1. The summed E-state index contributed by atoms with van der Waals surface area (Å²) >= 11 is 0. The SMILES string of the molecule is Cc1nn(C(C)C)cc1S(=O)(=O)Nc1ccc(OC(F)(F)F)cc1. The lowest BCUT2D eigenvalue weighted by Gasteiger charge is -2.10. The summed E-state index contributed by atoms with van der Waals surface area (Å²) in [7, 11) is -3.90. The Morgan fingerprint density at radius 2 is 1.79 bits per heavy atom. The average molecular weight is 363 g/mol. The summed E-state index contributed by atoms with van der Waals surface area (Å²) in [6.07, 6.45) is -3.40. The van der Waals surface area contributed by atoms with Crippen LogP contribution >= 0.6 is 0 Å². The summed E-state index contributed by atoms with van der Waals surface area (Å²) in [6, 6.07) is 4.40. The highest BCUT2D eigenvalue weighted by Crippen LogP contribution is 2.25. The van der Waals surface area contributed by atoms with Gasteiger partial charge in [0.2, 0.25) is 0 Å². The molecule has 2 rings (SSSR count). The number of halogens is 3. The first-order valence-electron chi connectivity index (χ1n) is 6.92. The first-order chi connectivity index (χ1) is 11.0. The van der Waals surface area contributed by atoms with Crippen LogP contribution in [0, 0.1) is 6.92 Å². The predicted molar refractivity (Wildman–Crippen MR) is 81.3 cm³/mol. The van der Waals surface area contributed by atoms with Gasteiger partial charge in [-0.05, 0) is 45.0 Å². The van der Waals surface area contributed by atoms with E-state index in [1.165, 1.54) is 23.0 Å². The molecule has 0 fully saturated rings. The highest BCUT2D eigenvalue weighted by atomic mass is 32.2. The Labute approximate surface area is 137 Å². The summed E-state index contributed by atoms with van der Waals surface area (Å²) in [5.41, 5.74) is 0.439. The molecule has 1 N–H and O–H groups in total. The van der Waals surface area contributed by atoms with Gasteiger partial charge in [-0.2, -0.15) is 5.10 Å². The van der Waals surface area contributed by atoms with Crippen LogP contribution in [-0.4, -0.2) is 24.6 Å². The highest BCUT2D eigenvalue weighted by Gasteiger charge is 2.31. The molecule has 24 heavy (non-hydrogen) atoms. The van der Waals surface area contributed by atoms with Crippen LogP contribution in [0.25, 0.3) is 0 Å². The van der Waals surface area contributed by atoms with E-state index in [0.717, 1.165) is 12.1 Å². The van der Waals surface area contributed by atoms with Crippen molar-refractivity contribution in [2.24, 2.45) is 0 Å². The molecule has 0 amide bonds. The van der Waals surface area contributed by atoms with E-state index in [0.29, 0.717) is 5.69 Å². The van der Waals surface area contributed by atoms with Crippen molar-refractivity contribution in [2.75, 3.05) is 4.72 Å². The number of benzene rings is 1. The fourth-order valence-electron chi connectivity index (χ4n) is 1.93. The molecule has 0 bridgehead atoms. The average Bonchev–Trinajstić information content (AvgIpc) is 2.82. The highest BCUT2D eigenvalue weighted by molar-refractivity contribution is 7.92. The number of nitrogens with zero attached hydrogens (tertiary/aromatic N) is 2. The zero-order chi connectivity index (χ0) is 18.1. The van der Waals surface area contributed by atoms with Gasteiger partial charge in [-0.1, -0.05) is 0 Å². The molecule has 1 aromatic carbocycles. The second-order valence-electron chi connectivity index (χ2n) is 5.33. The Bertz CT molecular complexity index is 812. The number of rotatable bonds is 5. The van der Waals surface area contributed by atoms with Gasteiger partial charge in [0.15, 0.2) is 0 Å². The van der Waals surface area contributed by atoms with Gasteiger partial charge in [-0.15, -0.1) is 13.2 Å². The van der Waals surface area contributed by atoms with E-state index in [4.69, 9.17) is 0 Å². The molecule has 0 spiro atoms. The van der Waals surface area contributed by atoms with Gasteiger partial charge in [0.1, 0.15) is 10.6 Å². The van der Waals surface area contributed by atoms with Crippen molar-refractivity contribution < 1.29 is 26.3 Å². The molecule has 6 nitrogen and oxygen atoms in total. The fraction of sp³-hybridized carbons (Fsp3) is 0.357. The van der Waals surface area contributed by atoms with Crippen LogP contribution in [0.3, 0.4) is 0 Å². The number of aryl methyl sites for hydroxylation is 1. The fourth-order valence-corrected chi connectivity index (χ4v) is 3.16. The molecular weight excluding hydrogens is 347 g/mol. The maximum Gasteiger partial charge on any atom is 0.573 e. The number of sulfonamides is 1. The number of alkyl halides is 3. The van der Waals surface area contributed by atoms with Gasteiger partial charge in [-0.25, -0.2) is 8.42 Å². The number of ether oxygens (including phenoxy) is 1. The molecule has 0 saturated carbocycles. The molecule has 2 aromatic rings. The van der Waals surface area contributed by atoms with Crippen molar-refractivity contribution in [1.29, 1.82) is 0 Å². The summed E-state index contributed by atoms with van der Waals surface area (Å²) in [6.45, 7) is 5.28. The Morgan fingerprint density at radius 1 is 1.21 bits per heavy atom. The lowest BCUT2D eigenvalue weighted by molar-refractivity contribution is -0.274. The molecule has 0 saturated heterocycles. The Morgan fingerprint density at radius 3 is 2.25 bits per heavy atom. The molecule has 0 atom stereocenters. The zero-order valence-corrected chi connectivity index (χ0v) is 13.9. The van der Waals surface area contributed by atoms with Gasteiger partial charge < -0.3 is 4.74 Å². The molecular formula is C14H16F3N3O3S. The number of nitrogens with one attached hydrogen (secondary N) is 1. The molecule has 0 unspecified atom stereocenters. The monoisotopic (exact) mass is 363 g/mol. The smallest absolute Gasteiger partial charge is 0.406 e. The van der Waals surface area contributed by atoms with Crippen molar-refractivity contribution in [1.82, 2.24) is 9.78 Å². The maximum atomic E-state index is 12.4. The van der Waals surface area contributed by atoms with Crippen molar-refractivity contribution >= 4 is 15.7 Å². The third kappa shape index (κ3) is 4.40. The number of anilines is 1. The second-order valence-corrected chi connectivity index (χ2v) is 6.98. The minimum Gasteiger partial charge on any atom is -0.406 e. The molecule has 0 aliphatic rings. The lowest BCUT2D eigenvalue weighted by Crippen LogP contribution is -2.17. The lowest BCUT2D eigenvalue weighted by atomic mass is 10.3. The van der Waals surface area contributed by atoms with Crippen LogP contribution in [0.1, 0.15) is 25.6 Å². The summed E-state index contributed by atoms with van der Waals surface area (Å²) < 4.78 is 68.7. The van der Waals surface area contributed by atoms with Crippen LogP contribution < -0.4 is 9.46 Å². The normalized spacial score (nSPS) is 12.5. The van der Waals surface area contributed by atoms with Crippen LogP contribution in [-0.2, 0) is 10.0 Å². The summed E-state index contributed by atoms with van der Waals surface area (Å²) in [4.78, 5) is 0.00631. The third-order valence-electron chi connectivity index (χ3n) is 3.03. The van der Waals surface area contributed by atoms with Crippen LogP contribution in [0.15, 0.2) is 35.4 Å². The maximum absolute atomic E-state index is 12.4. The predicted octanol–water partition coefficient (Wildman–Crippen LogP) is 3.47. The van der Waals surface area contributed by atoms with Gasteiger partial charge in [0.05, 0.1) is 5.69 Å². The van der Waals surface area contributed by atoms with E-state index in [2.05, 4.69) is 14.6 Å². The van der Waals surface area contributed by atoms with Gasteiger partial charge in [0.25, 0.3) is 10.0 Å². The quantitative estimate of drug-likeness (QED) is 0.883. The van der Waals surface area contributed by atoms with E-state index in [9.17, 15) is 21.6 Å². The van der Waals surface area contributed by atoms with Crippen molar-refractivity contribution in [3.05, 3.63) is 36.2 Å². The number of hydrogen-bond donors (Lipinski definition) is 1. The van der Waals surface area contributed by atoms with Gasteiger partial charge in [-0.3, -0.25) is 9.40 Å². The minimum atomic E-state index is -4.80. The molecule has 0 aliphatic heterocycles. The Balaban J connectivity index is 2.20. The van der Waals surface area contributed by atoms with Crippen LogP contribution in [0.5, 0.6) is 5.75 Å². The minimum absolute atomic E-state index is 0.00631. The number of hydrogen-bond acceptors (Lipinski definition) is 4. The number of aromatic nitrogens is 2. The molecule has 10 heteroatoms. The van der Waals surface area contributed by atoms with Crippen LogP contribution in [0.2, 0.25) is 0 Å². The first kappa shape index (κ1) is 18.1. The second kappa shape index (κ2) is 6.34. The van der Waals surface area contributed by atoms with Gasteiger partial charge >= 0.3 is 6.36 Å². The van der Waals surface area contributed by atoms with Crippen molar-refractivity contribution in [3.63, 3.8) is 0 Å². The molecule has 1 heterocycles. The van der Waals surface area contributed by atoms with Crippen molar-refractivity contribution in [3.8, 4) is 5.75 Å². The Kier molecular flexibility index (Phi) is 4.79. The molecule has 1 aromatic heterocycles. The standard InChI is InChI=1S/C14H16F3N3O3S/c1-9(2)20-8-13(10(3)18-20)24(21,22)19-11-4-6-12(7-5-11)23-14(15,16)17/h4-9,19H,1-3H3.